The van der Waals surface area contributed by atoms with E-state index in [0.717, 1.165) is 0 Å². The van der Waals surface area contributed by atoms with Crippen LogP contribution >= 0.6 is 0 Å². The Labute approximate surface area is 105 Å². The Hall–Kier alpha value is -2.10. The number of carbonyl (C=O) groups excluding carboxylic acids is 1. The lowest BCUT2D eigenvalue weighted by molar-refractivity contribution is -0.119. The standard InChI is InChI=1S/C12H15N3O3/c1-7(16)15-6-11(17)12(18)8-2-3-10(14)9(4-8)5-13/h2-4,11-12,17-18H,6,14H2,1H3,(H,15,16). The Morgan fingerprint density at radius 3 is 2.78 bits per heavy atom. The topological polar surface area (TPSA) is 119 Å². The molecule has 5 N–H and O–H groups in total. The molecule has 0 bridgehead atoms. The van der Waals surface area contributed by atoms with Crippen LogP contribution in [0.2, 0.25) is 0 Å². The number of aliphatic hydroxyl groups is 2. The number of benzene rings is 1. The predicted molar refractivity (Wildman–Crippen MR) is 65.2 cm³/mol. The minimum atomic E-state index is -1.19. The Morgan fingerprint density at radius 1 is 1.56 bits per heavy atom. The molecule has 0 aliphatic rings. The van der Waals surface area contributed by atoms with Crippen molar-refractivity contribution >= 4 is 11.6 Å². The van der Waals surface area contributed by atoms with Gasteiger partial charge in [-0.25, -0.2) is 0 Å². The highest BCUT2D eigenvalue weighted by Gasteiger charge is 2.19. The predicted octanol–water partition coefficient (Wildman–Crippen LogP) is -0.329. The summed E-state index contributed by atoms with van der Waals surface area (Å²) in [6, 6.07) is 6.32. The Morgan fingerprint density at radius 2 is 2.22 bits per heavy atom. The van der Waals surface area contributed by atoms with Crippen LogP contribution < -0.4 is 11.1 Å². The first-order chi connectivity index (χ1) is 8.45. The van der Waals surface area contributed by atoms with Crippen LogP contribution in [0.25, 0.3) is 0 Å². The zero-order chi connectivity index (χ0) is 13.7. The maximum atomic E-state index is 10.7. The minimum absolute atomic E-state index is 0.0667. The quantitative estimate of drug-likeness (QED) is 0.545. The number of nitrogen functional groups attached to an aromatic ring is 1. The molecule has 0 aliphatic heterocycles. The van der Waals surface area contributed by atoms with Crippen LogP contribution in [0.1, 0.15) is 24.2 Å². The van der Waals surface area contributed by atoms with Gasteiger partial charge in [0.2, 0.25) is 5.91 Å². The highest BCUT2D eigenvalue weighted by atomic mass is 16.3. The fraction of sp³-hybridized carbons (Fsp3) is 0.333. The smallest absolute Gasteiger partial charge is 0.216 e. The molecule has 0 fully saturated rings. The van der Waals surface area contributed by atoms with E-state index in [2.05, 4.69) is 5.32 Å². The molecule has 0 spiro atoms. The molecule has 18 heavy (non-hydrogen) atoms. The molecule has 0 radical (unpaired) electrons. The Kier molecular flexibility index (Phi) is 4.66. The van der Waals surface area contributed by atoms with Gasteiger partial charge in [0.05, 0.1) is 5.56 Å². The number of hydrogen-bond acceptors (Lipinski definition) is 5. The van der Waals surface area contributed by atoms with Crippen molar-refractivity contribution in [1.82, 2.24) is 5.32 Å². The second kappa shape index (κ2) is 6.00. The van der Waals surface area contributed by atoms with Gasteiger partial charge in [0.15, 0.2) is 0 Å². The normalized spacial score (nSPS) is 13.4. The molecule has 1 aromatic carbocycles. The molecular weight excluding hydrogens is 234 g/mol. The van der Waals surface area contributed by atoms with Crippen molar-refractivity contribution in [3.8, 4) is 6.07 Å². The number of nitrogens with two attached hydrogens (primary N) is 1. The van der Waals surface area contributed by atoms with Crippen molar-refractivity contribution in [3.63, 3.8) is 0 Å². The summed E-state index contributed by atoms with van der Waals surface area (Å²) in [5.41, 5.74) is 6.47. The van der Waals surface area contributed by atoms with E-state index in [1.807, 2.05) is 6.07 Å². The van der Waals surface area contributed by atoms with Gasteiger partial charge in [-0.1, -0.05) is 6.07 Å². The maximum absolute atomic E-state index is 10.7. The van der Waals surface area contributed by atoms with Gasteiger partial charge in [-0.05, 0) is 17.7 Å². The van der Waals surface area contributed by atoms with Crippen molar-refractivity contribution in [1.29, 1.82) is 5.26 Å². The molecule has 0 saturated carbocycles. The van der Waals surface area contributed by atoms with E-state index in [9.17, 15) is 15.0 Å². The van der Waals surface area contributed by atoms with Crippen LogP contribution in [-0.4, -0.2) is 28.8 Å². The zero-order valence-electron chi connectivity index (χ0n) is 9.92. The molecule has 96 valence electrons. The highest BCUT2D eigenvalue weighted by Crippen LogP contribution is 2.21. The summed E-state index contributed by atoms with van der Waals surface area (Å²) < 4.78 is 0. The number of amides is 1. The van der Waals surface area contributed by atoms with Crippen LogP contribution in [0.5, 0.6) is 0 Å². The molecule has 6 heteroatoms. The van der Waals surface area contributed by atoms with Gasteiger partial charge >= 0.3 is 0 Å². The van der Waals surface area contributed by atoms with Crippen LogP contribution in [-0.2, 0) is 4.79 Å². The number of nitrogens with zero attached hydrogens (tertiary/aromatic N) is 1. The summed E-state index contributed by atoms with van der Waals surface area (Å²) in [6.07, 6.45) is -2.34. The zero-order valence-corrected chi connectivity index (χ0v) is 9.92. The van der Waals surface area contributed by atoms with Crippen LogP contribution in [0, 0.1) is 11.3 Å². The first-order valence-corrected chi connectivity index (χ1v) is 5.35. The van der Waals surface area contributed by atoms with Gasteiger partial charge in [-0.3, -0.25) is 4.79 Å². The lowest BCUT2D eigenvalue weighted by Crippen LogP contribution is -2.34. The van der Waals surface area contributed by atoms with Crippen molar-refractivity contribution in [2.24, 2.45) is 0 Å². The molecule has 1 amide bonds. The van der Waals surface area contributed by atoms with Gasteiger partial charge in [0.25, 0.3) is 0 Å². The number of rotatable bonds is 4. The van der Waals surface area contributed by atoms with E-state index < -0.39 is 12.2 Å². The fourth-order valence-electron chi connectivity index (χ4n) is 1.44. The van der Waals surface area contributed by atoms with Gasteiger partial charge in [-0.15, -0.1) is 0 Å². The van der Waals surface area contributed by atoms with Crippen molar-refractivity contribution in [2.75, 3.05) is 12.3 Å². The molecule has 0 heterocycles. The van der Waals surface area contributed by atoms with Crippen LogP contribution in [0.15, 0.2) is 18.2 Å². The SMILES string of the molecule is CC(=O)NCC(O)C(O)c1ccc(N)c(C#N)c1. The number of nitriles is 1. The van der Waals surface area contributed by atoms with Crippen LogP contribution in [0.4, 0.5) is 5.69 Å². The van der Waals surface area contributed by atoms with Gasteiger partial charge in [0.1, 0.15) is 18.3 Å². The third kappa shape index (κ3) is 3.45. The summed E-state index contributed by atoms with van der Waals surface area (Å²) in [4.78, 5) is 10.7. The molecule has 1 aromatic rings. The maximum Gasteiger partial charge on any atom is 0.216 e. The highest BCUT2D eigenvalue weighted by molar-refractivity contribution is 5.72. The largest absolute Gasteiger partial charge is 0.398 e. The monoisotopic (exact) mass is 249 g/mol. The first-order valence-electron chi connectivity index (χ1n) is 5.35. The number of hydrogen-bond donors (Lipinski definition) is 4. The van der Waals surface area contributed by atoms with E-state index >= 15 is 0 Å². The summed E-state index contributed by atoms with van der Waals surface area (Å²) in [5.74, 6) is -0.295. The molecule has 1 rings (SSSR count). The van der Waals surface area contributed by atoms with Crippen molar-refractivity contribution in [2.45, 2.75) is 19.1 Å². The molecule has 0 saturated heterocycles. The number of nitrogens with one attached hydrogen (secondary N) is 1. The third-order valence-electron chi connectivity index (χ3n) is 2.46. The summed E-state index contributed by atoms with van der Waals surface area (Å²) in [5, 5.41) is 30.7. The summed E-state index contributed by atoms with van der Waals surface area (Å²) >= 11 is 0. The van der Waals surface area contributed by atoms with Gasteiger partial charge < -0.3 is 21.3 Å². The first kappa shape index (κ1) is 14.0. The van der Waals surface area contributed by atoms with Crippen molar-refractivity contribution < 1.29 is 15.0 Å². The number of anilines is 1. The lowest BCUT2D eigenvalue weighted by atomic mass is 10.0. The molecule has 0 aromatic heterocycles. The Bertz CT molecular complexity index is 482. The van der Waals surface area contributed by atoms with Gasteiger partial charge in [0, 0.05) is 19.2 Å². The fourth-order valence-corrected chi connectivity index (χ4v) is 1.44. The minimum Gasteiger partial charge on any atom is -0.398 e. The van der Waals surface area contributed by atoms with Crippen molar-refractivity contribution in [3.05, 3.63) is 29.3 Å². The second-order valence-electron chi connectivity index (χ2n) is 3.91. The van der Waals surface area contributed by atoms with Crippen LogP contribution in [0.3, 0.4) is 0 Å². The summed E-state index contributed by atoms with van der Waals surface area (Å²) in [6.45, 7) is 1.25. The van der Waals surface area contributed by atoms with E-state index in [1.54, 1.807) is 0 Å². The molecule has 2 unspecified atom stereocenters. The van der Waals surface area contributed by atoms with Gasteiger partial charge in [-0.2, -0.15) is 5.26 Å². The van der Waals surface area contributed by atoms with E-state index in [-0.39, 0.29) is 18.0 Å². The molecule has 0 aliphatic carbocycles. The van der Waals surface area contributed by atoms with E-state index in [0.29, 0.717) is 11.3 Å². The molecular formula is C12H15N3O3. The van der Waals surface area contributed by atoms with E-state index in [4.69, 9.17) is 11.0 Å². The number of aliphatic hydroxyl groups excluding tert-OH is 2. The average Bonchev–Trinajstić information content (AvgIpc) is 2.35. The lowest BCUT2D eigenvalue weighted by Gasteiger charge is -2.18. The number of carbonyl (C=O) groups is 1. The Balaban J connectivity index is 2.80. The molecule has 2 atom stereocenters. The molecule has 6 nitrogen and oxygen atoms in total. The third-order valence-corrected chi connectivity index (χ3v) is 2.46. The van der Waals surface area contributed by atoms with E-state index in [1.165, 1.54) is 25.1 Å². The average molecular weight is 249 g/mol. The second-order valence-corrected chi connectivity index (χ2v) is 3.91. The summed E-state index contributed by atoms with van der Waals surface area (Å²) in [7, 11) is 0.